The van der Waals surface area contributed by atoms with E-state index in [2.05, 4.69) is 24.3 Å². The van der Waals surface area contributed by atoms with Crippen LogP contribution in [0.25, 0.3) is 0 Å². The van der Waals surface area contributed by atoms with Crippen LogP contribution in [-0.4, -0.2) is 17.2 Å². The molecule has 0 heterocycles. The van der Waals surface area contributed by atoms with Gasteiger partial charge in [0.05, 0.1) is 12.0 Å². The molecule has 4 atom stereocenters. The van der Waals surface area contributed by atoms with E-state index in [1.807, 2.05) is 30.3 Å². The monoisotopic (exact) mass is 364 g/mol. The molecule has 142 valence electrons. The van der Waals surface area contributed by atoms with Crippen molar-refractivity contribution in [1.82, 2.24) is 0 Å². The average Bonchev–Trinajstić information content (AvgIpc) is 3.48. The molecule has 2 aliphatic rings. The van der Waals surface area contributed by atoms with E-state index in [0.29, 0.717) is 17.9 Å². The van der Waals surface area contributed by atoms with Crippen LogP contribution in [0.4, 0.5) is 0 Å². The highest BCUT2D eigenvalue weighted by molar-refractivity contribution is 5.73. The number of ether oxygens (including phenoxy) is 1. The first-order valence-electron chi connectivity index (χ1n) is 10.2. The van der Waals surface area contributed by atoms with Crippen LogP contribution in [0.1, 0.15) is 55.6 Å². The summed E-state index contributed by atoms with van der Waals surface area (Å²) in [4.78, 5) is 10.9. The molecule has 2 aromatic carbocycles. The fourth-order valence-corrected chi connectivity index (χ4v) is 4.42. The SMILES string of the molecule is O=C(O)C1CC1CCc1ccc(C2CCCC(Oc3ccccc3)C2)cc1. The van der Waals surface area contributed by atoms with Gasteiger partial charge in [-0.2, -0.15) is 0 Å². The molecule has 0 radical (unpaired) electrons. The number of hydrogen-bond acceptors (Lipinski definition) is 2. The summed E-state index contributed by atoms with van der Waals surface area (Å²) in [7, 11) is 0. The Bertz CT molecular complexity index is 753. The predicted molar refractivity (Wildman–Crippen MR) is 106 cm³/mol. The minimum atomic E-state index is -0.625. The van der Waals surface area contributed by atoms with E-state index in [1.54, 1.807) is 0 Å². The van der Waals surface area contributed by atoms with Gasteiger partial charge in [0.1, 0.15) is 5.75 Å². The van der Waals surface area contributed by atoms with E-state index in [4.69, 9.17) is 9.84 Å². The van der Waals surface area contributed by atoms with Crippen molar-refractivity contribution in [2.75, 3.05) is 0 Å². The van der Waals surface area contributed by atoms with E-state index in [1.165, 1.54) is 24.0 Å². The Labute approximate surface area is 161 Å². The summed E-state index contributed by atoms with van der Waals surface area (Å²) in [5.41, 5.74) is 2.73. The molecule has 4 unspecified atom stereocenters. The highest BCUT2D eigenvalue weighted by Gasteiger charge is 2.42. The molecule has 2 fully saturated rings. The van der Waals surface area contributed by atoms with Gasteiger partial charge in [0.15, 0.2) is 0 Å². The minimum absolute atomic E-state index is 0.0898. The van der Waals surface area contributed by atoms with Crippen molar-refractivity contribution in [3.63, 3.8) is 0 Å². The van der Waals surface area contributed by atoms with Crippen molar-refractivity contribution in [3.8, 4) is 5.75 Å². The van der Waals surface area contributed by atoms with Crippen molar-refractivity contribution < 1.29 is 14.6 Å². The van der Waals surface area contributed by atoms with Gasteiger partial charge < -0.3 is 9.84 Å². The Balaban J connectivity index is 1.29. The van der Waals surface area contributed by atoms with Crippen molar-refractivity contribution >= 4 is 5.97 Å². The minimum Gasteiger partial charge on any atom is -0.490 e. The van der Waals surface area contributed by atoms with Crippen LogP contribution in [0.15, 0.2) is 54.6 Å². The summed E-state index contributed by atoms with van der Waals surface area (Å²) in [6, 6.07) is 19.1. The van der Waals surface area contributed by atoms with Gasteiger partial charge in [0, 0.05) is 0 Å². The summed E-state index contributed by atoms with van der Waals surface area (Å²) in [5.74, 6) is 1.21. The van der Waals surface area contributed by atoms with Crippen LogP contribution in [-0.2, 0) is 11.2 Å². The third-order valence-corrected chi connectivity index (χ3v) is 6.17. The standard InChI is InChI=1S/C24H28O3/c25-24(26)23-16-20(23)14-11-17-9-12-18(13-10-17)19-5-4-8-22(15-19)27-21-6-2-1-3-7-21/h1-3,6-7,9-10,12-13,19-20,22-23H,4-5,8,11,14-16H2,(H,25,26). The first-order chi connectivity index (χ1) is 13.2. The van der Waals surface area contributed by atoms with E-state index in [0.717, 1.165) is 37.9 Å². The quantitative estimate of drug-likeness (QED) is 0.711. The van der Waals surface area contributed by atoms with Crippen molar-refractivity contribution in [3.05, 3.63) is 65.7 Å². The van der Waals surface area contributed by atoms with Crippen LogP contribution in [0.5, 0.6) is 5.75 Å². The van der Waals surface area contributed by atoms with E-state index < -0.39 is 5.97 Å². The third-order valence-electron chi connectivity index (χ3n) is 6.17. The molecule has 0 bridgehead atoms. The molecule has 3 nitrogen and oxygen atoms in total. The highest BCUT2D eigenvalue weighted by atomic mass is 16.5. The first-order valence-corrected chi connectivity index (χ1v) is 10.2. The van der Waals surface area contributed by atoms with Crippen molar-refractivity contribution in [2.24, 2.45) is 11.8 Å². The van der Waals surface area contributed by atoms with Gasteiger partial charge in [-0.25, -0.2) is 0 Å². The summed E-state index contributed by atoms with van der Waals surface area (Å²) in [5, 5.41) is 9.01. The maximum Gasteiger partial charge on any atom is 0.306 e. The number of para-hydroxylation sites is 1. The molecule has 0 saturated heterocycles. The lowest BCUT2D eigenvalue weighted by Crippen LogP contribution is -2.24. The average molecular weight is 364 g/mol. The first kappa shape index (κ1) is 18.1. The Kier molecular flexibility index (Phi) is 5.47. The number of aliphatic carboxylic acids is 1. The molecule has 3 heteroatoms. The number of aryl methyl sites for hydroxylation is 1. The van der Waals surface area contributed by atoms with Crippen molar-refractivity contribution in [2.45, 2.75) is 57.0 Å². The Morgan fingerprint density at radius 3 is 2.48 bits per heavy atom. The molecule has 2 saturated carbocycles. The van der Waals surface area contributed by atoms with Gasteiger partial charge in [0.25, 0.3) is 0 Å². The molecule has 0 aliphatic heterocycles. The molecule has 0 spiro atoms. The fraction of sp³-hybridized carbons (Fsp3) is 0.458. The van der Waals surface area contributed by atoms with Crippen LogP contribution in [0.2, 0.25) is 0 Å². The van der Waals surface area contributed by atoms with Crippen molar-refractivity contribution in [1.29, 1.82) is 0 Å². The Morgan fingerprint density at radius 1 is 1.00 bits per heavy atom. The van der Waals surface area contributed by atoms with Gasteiger partial charge in [0.2, 0.25) is 0 Å². The number of hydrogen-bond donors (Lipinski definition) is 1. The number of benzene rings is 2. The lowest BCUT2D eigenvalue weighted by molar-refractivity contribution is -0.138. The van der Waals surface area contributed by atoms with Gasteiger partial charge in [-0.05, 0) is 80.0 Å². The smallest absolute Gasteiger partial charge is 0.306 e. The zero-order valence-corrected chi connectivity index (χ0v) is 15.7. The second kappa shape index (κ2) is 8.16. The Morgan fingerprint density at radius 2 is 1.78 bits per heavy atom. The fourth-order valence-electron chi connectivity index (χ4n) is 4.42. The maximum absolute atomic E-state index is 10.9. The largest absolute Gasteiger partial charge is 0.490 e. The van der Waals surface area contributed by atoms with Crippen LogP contribution in [0, 0.1) is 11.8 Å². The molecule has 27 heavy (non-hydrogen) atoms. The zero-order valence-electron chi connectivity index (χ0n) is 15.7. The third kappa shape index (κ3) is 4.71. The number of rotatable bonds is 7. The molecule has 0 amide bonds. The molecular weight excluding hydrogens is 336 g/mol. The summed E-state index contributed by atoms with van der Waals surface area (Å²) < 4.78 is 6.18. The summed E-state index contributed by atoms with van der Waals surface area (Å²) in [6.45, 7) is 0. The topological polar surface area (TPSA) is 46.5 Å². The lowest BCUT2D eigenvalue weighted by Gasteiger charge is -2.30. The highest BCUT2D eigenvalue weighted by Crippen LogP contribution is 2.42. The summed E-state index contributed by atoms with van der Waals surface area (Å²) in [6.07, 6.45) is 7.79. The predicted octanol–water partition coefficient (Wildman–Crippen LogP) is 5.45. The van der Waals surface area contributed by atoms with Gasteiger partial charge in [-0.3, -0.25) is 4.79 Å². The molecule has 4 rings (SSSR count). The molecular formula is C24H28O3. The van der Waals surface area contributed by atoms with Gasteiger partial charge >= 0.3 is 5.97 Å². The van der Waals surface area contributed by atoms with Crippen LogP contribution >= 0.6 is 0 Å². The second-order valence-corrected chi connectivity index (χ2v) is 8.14. The normalized spacial score (nSPS) is 27.1. The second-order valence-electron chi connectivity index (χ2n) is 8.14. The Hall–Kier alpha value is -2.29. The van der Waals surface area contributed by atoms with E-state index >= 15 is 0 Å². The molecule has 2 aliphatic carbocycles. The maximum atomic E-state index is 10.9. The molecule has 1 N–H and O–H groups in total. The van der Waals surface area contributed by atoms with E-state index in [9.17, 15) is 4.79 Å². The van der Waals surface area contributed by atoms with Crippen LogP contribution < -0.4 is 4.74 Å². The summed E-state index contributed by atoms with van der Waals surface area (Å²) >= 11 is 0. The number of carbonyl (C=O) groups is 1. The number of carboxylic acid groups (broad SMARTS) is 1. The van der Waals surface area contributed by atoms with E-state index in [-0.39, 0.29) is 5.92 Å². The van der Waals surface area contributed by atoms with Crippen LogP contribution in [0.3, 0.4) is 0 Å². The van der Waals surface area contributed by atoms with Gasteiger partial charge in [-0.1, -0.05) is 42.5 Å². The zero-order chi connectivity index (χ0) is 18.6. The molecule has 0 aromatic heterocycles. The lowest BCUT2D eigenvalue weighted by atomic mass is 9.82. The van der Waals surface area contributed by atoms with Gasteiger partial charge in [-0.15, -0.1) is 0 Å². The molecule has 2 aromatic rings. The number of carboxylic acids is 1.